The Kier molecular flexibility index (Phi) is 6.00. The number of benzene rings is 2. The standard InChI is InChI=1S/C18H17N3O4/c1-3-9-25-16-6-4-5-14(10-16)12-19-20-18(22)15-8-7-13(2)17(11-15)21(23)24/h3-8,10-12H,1,9H2,2H3,(H,20,22)/b19-12-. The molecule has 1 N–H and O–H groups in total. The van der Waals surface area contributed by atoms with Crippen molar-refractivity contribution < 1.29 is 14.5 Å². The van der Waals surface area contributed by atoms with Crippen molar-refractivity contribution in [3.63, 3.8) is 0 Å². The fourth-order valence-corrected chi connectivity index (χ4v) is 2.02. The van der Waals surface area contributed by atoms with Crippen LogP contribution in [-0.4, -0.2) is 23.7 Å². The molecule has 0 spiro atoms. The Morgan fingerprint density at radius 1 is 1.36 bits per heavy atom. The number of hydrazone groups is 1. The third-order valence-corrected chi connectivity index (χ3v) is 3.27. The van der Waals surface area contributed by atoms with E-state index in [0.717, 1.165) is 5.56 Å². The molecule has 0 fully saturated rings. The maximum atomic E-state index is 12.0. The minimum absolute atomic E-state index is 0.108. The van der Waals surface area contributed by atoms with Gasteiger partial charge in [0.15, 0.2) is 0 Å². The van der Waals surface area contributed by atoms with E-state index in [1.807, 2.05) is 0 Å². The molecule has 0 bridgehead atoms. The summed E-state index contributed by atoms with van der Waals surface area (Å²) >= 11 is 0. The summed E-state index contributed by atoms with van der Waals surface area (Å²) in [4.78, 5) is 22.5. The molecular weight excluding hydrogens is 322 g/mol. The van der Waals surface area contributed by atoms with Gasteiger partial charge in [-0.05, 0) is 30.7 Å². The molecule has 0 aliphatic carbocycles. The third-order valence-electron chi connectivity index (χ3n) is 3.27. The number of carbonyl (C=O) groups excluding carboxylic acids is 1. The van der Waals surface area contributed by atoms with E-state index in [-0.39, 0.29) is 11.3 Å². The van der Waals surface area contributed by atoms with Gasteiger partial charge >= 0.3 is 0 Å². The number of aryl methyl sites for hydroxylation is 1. The molecule has 128 valence electrons. The van der Waals surface area contributed by atoms with Crippen molar-refractivity contribution >= 4 is 17.8 Å². The van der Waals surface area contributed by atoms with Crippen molar-refractivity contribution in [3.8, 4) is 5.75 Å². The quantitative estimate of drug-likeness (QED) is 0.363. The lowest BCUT2D eigenvalue weighted by atomic mass is 10.1. The summed E-state index contributed by atoms with van der Waals surface area (Å²) in [6.07, 6.45) is 3.10. The first-order valence-corrected chi connectivity index (χ1v) is 7.43. The van der Waals surface area contributed by atoms with Gasteiger partial charge in [0.05, 0.1) is 11.1 Å². The van der Waals surface area contributed by atoms with Gasteiger partial charge in [-0.1, -0.05) is 30.9 Å². The van der Waals surface area contributed by atoms with Gasteiger partial charge in [-0.3, -0.25) is 14.9 Å². The number of hydrogen-bond donors (Lipinski definition) is 1. The number of rotatable bonds is 7. The van der Waals surface area contributed by atoms with E-state index in [1.165, 1.54) is 24.4 Å². The monoisotopic (exact) mass is 339 g/mol. The van der Waals surface area contributed by atoms with Crippen molar-refractivity contribution in [2.75, 3.05) is 6.61 Å². The zero-order chi connectivity index (χ0) is 18.2. The van der Waals surface area contributed by atoms with Crippen molar-refractivity contribution in [2.24, 2.45) is 5.10 Å². The predicted octanol–water partition coefficient (Wildman–Crippen LogP) is 3.23. The van der Waals surface area contributed by atoms with Gasteiger partial charge in [0.1, 0.15) is 12.4 Å². The van der Waals surface area contributed by atoms with Crippen LogP contribution in [0.3, 0.4) is 0 Å². The second kappa shape index (κ2) is 8.39. The molecule has 0 aromatic heterocycles. The largest absolute Gasteiger partial charge is 0.490 e. The number of amides is 1. The molecule has 0 saturated carbocycles. The van der Waals surface area contributed by atoms with E-state index in [9.17, 15) is 14.9 Å². The average Bonchev–Trinajstić information content (AvgIpc) is 2.60. The van der Waals surface area contributed by atoms with Gasteiger partial charge in [-0.15, -0.1) is 0 Å². The molecule has 0 aliphatic rings. The summed E-state index contributed by atoms with van der Waals surface area (Å²) in [5.74, 6) is 0.128. The van der Waals surface area contributed by atoms with Gasteiger partial charge in [0.25, 0.3) is 11.6 Å². The Morgan fingerprint density at radius 3 is 2.88 bits per heavy atom. The van der Waals surface area contributed by atoms with Crippen LogP contribution in [0.2, 0.25) is 0 Å². The van der Waals surface area contributed by atoms with Gasteiger partial charge in [0.2, 0.25) is 0 Å². The van der Waals surface area contributed by atoms with Crippen molar-refractivity contribution in [1.29, 1.82) is 0 Å². The molecule has 0 aliphatic heterocycles. The van der Waals surface area contributed by atoms with Crippen LogP contribution in [0.5, 0.6) is 5.75 Å². The minimum atomic E-state index is -0.529. The molecule has 7 heteroatoms. The highest BCUT2D eigenvalue weighted by Gasteiger charge is 2.14. The summed E-state index contributed by atoms with van der Waals surface area (Å²) in [7, 11) is 0. The minimum Gasteiger partial charge on any atom is -0.490 e. The molecule has 0 unspecified atom stereocenters. The fourth-order valence-electron chi connectivity index (χ4n) is 2.02. The van der Waals surface area contributed by atoms with Crippen LogP contribution in [0.15, 0.2) is 60.2 Å². The Balaban J connectivity index is 2.04. The zero-order valence-corrected chi connectivity index (χ0v) is 13.6. The SMILES string of the molecule is C=CCOc1cccc(/C=N\NC(=O)c2ccc(C)c([N+](=O)[O-])c2)c1. The number of nitrogens with zero attached hydrogens (tertiary/aromatic N) is 2. The highest BCUT2D eigenvalue weighted by atomic mass is 16.6. The first kappa shape index (κ1) is 17.9. The molecule has 0 atom stereocenters. The molecule has 7 nitrogen and oxygen atoms in total. The van der Waals surface area contributed by atoms with E-state index in [4.69, 9.17) is 4.74 Å². The van der Waals surface area contributed by atoms with Crippen LogP contribution >= 0.6 is 0 Å². The maximum Gasteiger partial charge on any atom is 0.273 e. The Bertz CT molecular complexity index is 831. The second-order valence-electron chi connectivity index (χ2n) is 5.13. The number of nitrogens with one attached hydrogen (secondary N) is 1. The molecule has 0 heterocycles. The number of hydrogen-bond acceptors (Lipinski definition) is 5. The van der Waals surface area contributed by atoms with E-state index < -0.39 is 10.8 Å². The predicted molar refractivity (Wildman–Crippen MR) is 95.0 cm³/mol. The number of nitro benzene ring substituents is 1. The van der Waals surface area contributed by atoms with Crippen molar-refractivity contribution in [3.05, 3.63) is 81.9 Å². The van der Waals surface area contributed by atoms with Crippen LogP contribution in [-0.2, 0) is 0 Å². The molecule has 2 aromatic rings. The lowest BCUT2D eigenvalue weighted by Gasteiger charge is -2.04. The lowest BCUT2D eigenvalue weighted by Crippen LogP contribution is -2.17. The first-order chi connectivity index (χ1) is 12.0. The third kappa shape index (κ3) is 5.00. The van der Waals surface area contributed by atoms with E-state index >= 15 is 0 Å². The van der Waals surface area contributed by atoms with E-state index in [1.54, 1.807) is 37.3 Å². The molecule has 2 rings (SSSR count). The van der Waals surface area contributed by atoms with Crippen LogP contribution < -0.4 is 10.2 Å². The average molecular weight is 339 g/mol. The molecule has 25 heavy (non-hydrogen) atoms. The van der Waals surface area contributed by atoms with Crippen molar-refractivity contribution in [2.45, 2.75) is 6.92 Å². The Labute approximate surface area is 144 Å². The molecule has 0 saturated heterocycles. The zero-order valence-electron chi connectivity index (χ0n) is 13.6. The smallest absolute Gasteiger partial charge is 0.273 e. The van der Waals surface area contributed by atoms with E-state index in [2.05, 4.69) is 17.1 Å². The van der Waals surface area contributed by atoms with Crippen LogP contribution in [0.4, 0.5) is 5.69 Å². The number of ether oxygens (including phenoxy) is 1. The summed E-state index contributed by atoms with van der Waals surface area (Å²) in [6, 6.07) is 11.4. The van der Waals surface area contributed by atoms with Gasteiger partial charge < -0.3 is 4.74 Å². The topological polar surface area (TPSA) is 93.8 Å². The van der Waals surface area contributed by atoms with Gasteiger partial charge in [-0.2, -0.15) is 5.10 Å². The Morgan fingerprint density at radius 2 is 2.16 bits per heavy atom. The highest BCUT2D eigenvalue weighted by Crippen LogP contribution is 2.19. The number of nitro groups is 1. The summed E-state index contributed by atoms with van der Waals surface area (Å²) in [5, 5.41) is 14.8. The summed E-state index contributed by atoms with van der Waals surface area (Å²) < 4.78 is 5.41. The van der Waals surface area contributed by atoms with Crippen molar-refractivity contribution in [1.82, 2.24) is 5.43 Å². The van der Waals surface area contributed by atoms with Crippen LogP contribution in [0.25, 0.3) is 0 Å². The maximum absolute atomic E-state index is 12.0. The highest BCUT2D eigenvalue weighted by molar-refractivity contribution is 5.95. The second-order valence-corrected chi connectivity index (χ2v) is 5.13. The molecule has 2 aromatic carbocycles. The van der Waals surface area contributed by atoms with Crippen LogP contribution in [0, 0.1) is 17.0 Å². The lowest BCUT2D eigenvalue weighted by molar-refractivity contribution is -0.385. The molecule has 0 radical (unpaired) electrons. The summed E-state index contributed by atoms with van der Waals surface area (Å²) in [6.45, 7) is 5.58. The molecular formula is C18H17N3O4. The normalized spacial score (nSPS) is 10.4. The summed E-state index contributed by atoms with van der Waals surface area (Å²) in [5.41, 5.74) is 3.62. The Hall–Kier alpha value is -3.48. The fraction of sp³-hybridized carbons (Fsp3) is 0.111. The number of carbonyl (C=O) groups is 1. The first-order valence-electron chi connectivity index (χ1n) is 7.43. The molecule has 1 amide bonds. The van der Waals surface area contributed by atoms with E-state index in [0.29, 0.717) is 17.9 Å². The van der Waals surface area contributed by atoms with Gasteiger partial charge in [0, 0.05) is 17.2 Å². The van der Waals surface area contributed by atoms with Gasteiger partial charge in [-0.25, -0.2) is 5.43 Å². The van der Waals surface area contributed by atoms with Crippen LogP contribution in [0.1, 0.15) is 21.5 Å².